The van der Waals surface area contributed by atoms with E-state index < -0.39 is 5.97 Å². The molecule has 2 heterocycles. The first kappa shape index (κ1) is 10.8. The Hall–Kier alpha value is -1.66. The maximum Gasteiger partial charge on any atom is 0.346 e. The number of nitrogens with zero attached hydrogens (tertiary/aromatic N) is 2. The molecule has 82 valence electrons. The van der Waals surface area contributed by atoms with Gasteiger partial charge in [0.05, 0.1) is 0 Å². The smallest absolute Gasteiger partial charge is 0.346 e. The maximum absolute atomic E-state index is 10.6. The van der Waals surface area contributed by atoms with E-state index in [1.54, 1.807) is 11.4 Å². The van der Waals surface area contributed by atoms with Gasteiger partial charge in [0.15, 0.2) is 5.15 Å². The molecule has 7 heteroatoms. The van der Waals surface area contributed by atoms with Crippen molar-refractivity contribution in [3.05, 3.63) is 33.6 Å². The highest BCUT2D eigenvalue weighted by Gasteiger charge is 2.08. The van der Waals surface area contributed by atoms with Gasteiger partial charge in [-0.3, -0.25) is 0 Å². The normalized spacial score (nSPS) is 10.1. The Labute approximate surface area is 99.3 Å². The molecule has 0 amide bonds. The standard InChI is InChI=1S/C9H5ClN2O3S/c10-7-1-2-8(12-11-7)15-5-3-6(9(13)14)16-4-5/h1-4H,(H,13,14). The van der Waals surface area contributed by atoms with Gasteiger partial charge in [0, 0.05) is 17.5 Å². The fraction of sp³-hybridized carbons (Fsp3) is 0. The highest BCUT2D eigenvalue weighted by molar-refractivity contribution is 7.12. The van der Waals surface area contributed by atoms with Crippen molar-refractivity contribution >= 4 is 28.9 Å². The van der Waals surface area contributed by atoms with Crippen LogP contribution in [0.4, 0.5) is 0 Å². The molecule has 0 bridgehead atoms. The Morgan fingerprint density at radius 1 is 1.44 bits per heavy atom. The number of ether oxygens (including phenoxy) is 1. The van der Waals surface area contributed by atoms with Crippen LogP contribution in [0.3, 0.4) is 0 Å². The monoisotopic (exact) mass is 256 g/mol. The first-order chi connectivity index (χ1) is 7.65. The first-order valence-corrected chi connectivity index (χ1v) is 5.40. The molecule has 0 fully saturated rings. The van der Waals surface area contributed by atoms with Crippen molar-refractivity contribution in [3.63, 3.8) is 0 Å². The summed E-state index contributed by atoms with van der Waals surface area (Å²) in [7, 11) is 0. The minimum Gasteiger partial charge on any atom is -0.477 e. The molecule has 5 nitrogen and oxygen atoms in total. The van der Waals surface area contributed by atoms with Gasteiger partial charge in [0.2, 0.25) is 5.88 Å². The van der Waals surface area contributed by atoms with Gasteiger partial charge in [0.25, 0.3) is 0 Å². The summed E-state index contributed by atoms with van der Waals surface area (Å²) in [6, 6.07) is 4.51. The molecule has 1 N–H and O–H groups in total. The Kier molecular flexibility index (Phi) is 3.02. The number of carbonyl (C=O) groups is 1. The van der Waals surface area contributed by atoms with Crippen LogP contribution in [0.5, 0.6) is 11.6 Å². The molecule has 0 unspecified atom stereocenters. The predicted molar refractivity (Wildman–Crippen MR) is 58.4 cm³/mol. The van der Waals surface area contributed by atoms with Crippen LogP contribution in [0.25, 0.3) is 0 Å². The van der Waals surface area contributed by atoms with Crippen LogP contribution >= 0.6 is 22.9 Å². The average molecular weight is 257 g/mol. The van der Waals surface area contributed by atoms with Crippen molar-refractivity contribution < 1.29 is 14.6 Å². The topological polar surface area (TPSA) is 72.3 Å². The summed E-state index contributed by atoms with van der Waals surface area (Å²) in [6.45, 7) is 0. The number of aromatic carboxylic acids is 1. The third kappa shape index (κ3) is 2.47. The molecule has 0 atom stereocenters. The largest absolute Gasteiger partial charge is 0.477 e. The number of halogens is 1. The molecule has 2 aromatic rings. The van der Waals surface area contributed by atoms with Crippen LogP contribution in [0.15, 0.2) is 23.6 Å². The van der Waals surface area contributed by atoms with Gasteiger partial charge < -0.3 is 9.84 Å². The van der Waals surface area contributed by atoms with Crippen LogP contribution in [0.1, 0.15) is 9.67 Å². The Morgan fingerprint density at radius 3 is 2.81 bits per heavy atom. The van der Waals surface area contributed by atoms with Crippen LogP contribution in [-0.4, -0.2) is 21.3 Å². The summed E-state index contributed by atoms with van der Waals surface area (Å²) in [4.78, 5) is 10.8. The van der Waals surface area contributed by atoms with Crippen LogP contribution in [0, 0.1) is 0 Å². The number of aromatic nitrogens is 2. The third-order valence-electron chi connectivity index (χ3n) is 1.62. The van der Waals surface area contributed by atoms with E-state index in [-0.39, 0.29) is 15.9 Å². The van der Waals surface area contributed by atoms with Crippen LogP contribution in [-0.2, 0) is 0 Å². The summed E-state index contributed by atoms with van der Waals surface area (Å²) >= 11 is 6.64. The zero-order valence-electron chi connectivity index (χ0n) is 7.75. The van der Waals surface area contributed by atoms with E-state index in [0.717, 1.165) is 11.3 Å². The summed E-state index contributed by atoms with van der Waals surface area (Å²) in [5.41, 5.74) is 0. The molecule has 0 aliphatic heterocycles. The van der Waals surface area contributed by atoms with Crippen molar-refractivity contribution in [2.45, 2.75) is 0 Å². The first-order valence-electron chi connectivity index (χ1n) is 4.14. The molecule has 0 aliphatic rings. The minimum atomic E-state index is -0.984. The highest BCUT2D eigenvalue weighted by Crippen LogP contribution is 2.25. The van der Waals surface area contributed by atoms with Crippen molar-refractivity contribution in [2.24, 2.45) is 0 Å². The van der Waals surface area contributed by atoms with E-state index in [9.17, 15) is 4.79 Å². The second-order valence-corrected chi connectivity index (χ2v) is 4.05. The van der Waals surface area contributed by atoms with Gasteiger partial charge in [0.1, 0.15) is 10.6 Å². The zero-order valence-corrected chi connectivity index (χ0v) is 9.33. The van der Waals surface area contributed by atoms with E-state index >= 15 is 0 Å². The molecule has 2 rings (SSSR count). The van der Waals surface area contributed by atoms with Gasteiger partial charge in [-0.05, 0) is 6.07 Å². The molecule has 0 aliphatic carbocycles. The van der Waals surface area contributed by atoms with Crippen LogP contribution in [0.2, 0.25) is 5.15 Å². The summed E-state index contributed by atoms with van der Waals surface area (Å²) < 4.78 is 5.28. The molecule has 0 spiro atoms. The van der Waals surface area contributed by atoms with E-state index in [0.29, 0.717) is 5.75 Å². The van der Waals surface area contributed by atoms with Gasteiger partial charge in [-0.1, -0.05) is 11.6 Å². The molecule has 0 saturated carbocycles. The Balaban J connectivity index is 2.14. The lowest BCUT2D eigenvalue weighted by Gasteiger charge is -1.99. The Morgan fingerprint density at radius 2 is 2.25 bits per heavy atom. The molecule has 0 saturated heterocycles. The fourth-order valence-electron chi connectivity index (χ4n) is 0.963. The number of rotatable bonds is 3. The molecular weight excluding hydrogens is 252 g/mol. The number of carboxylic acids is 1. The summed E-state index contributed by atoms with van der Waals surface area (Å²) in [6.07, 6.45) is 0. The van der Waals surface area contributed by atoms with E-state index in [2.05, 4.69) is 10.2 Å². The molecule has 16 heavy (non-hydrogen) atoms. The summed E-state index contributed by atoms with van der Waals surface area (Å²) in [5, 5.41) is 17.8. The van der Waals surface area contributed by atoms with Gasteiger partial charge in [-0.15, -0.1) is 21.5 Å². The second kappa shape index (κ2) is 4.46. The third-order valence-corrected chi connectivity index (χ3v) is 2.71. The minimum absolute atomic E-state index is 0.205. The van der Waals surface area contributed by atoms with Crippen molar-refractivity contribution in [1.82, 2.24) is 10.2 Å². The van der Waals surface area contributed by atoms with E-state index in [1.165, 1.54) is 12.1 Å². The zero-order chi connectivity index (χ0) is 11.5. The van der Waals surface area contributed by atoms with Gasteiger partial charge in [-0.25, -0.2) is 4.79 Å². The molecule has 2 aromatic heterocycles. The Bertz CT molecular complexity index is 512. The van der Waals surface area contributed by atoms with E-state index in [4.69, 9.17) is 21.4 Å². The molecular formula is C9H5ClN2O3S. The SMILES string of the molecule is O=C(O)c1cc(Oc2ccc(Cl)nn2)cs1. The quantitative estimate of drug-likeness (QED) is 0.914. The predicted octanol–water partition coefficient (Wildman–Crippen LogP) is 2.68. The van der Waals surface area contributed by atoms with Crippen molar-refractivity contribution in [1.29, 1.82) is 0 Å². The fourth-order valence-corrected chi connectivity index (χ4v) is 1.71. The van der Waals surface area contributed by atoms with Crippen molar-refractivity contribution in [2.75, 3.05) is 0 Å². The number of hydrogen-bond donors (Lipinski definition) is 1. The lowest BCUT2D eigenvalue weighted by Crippen LogP contribution is -1.91. The molecule has 0 radical (unpaired) electrons. The molecule has 0 aromatic carbocycles. The van der Waals surface area contributed by atoms with Crippen molar-refractivity contribution in [3.8, 4) is 11.6 Å². The summed E-state index contributed by atoms with van der Waals surface area (Å²) in [5.74, 6) is -0.305. The van der Waals surface area contributed by atoms with Crippen LogP contribution < -0.4 is 4.74 Å². The van der Waals surface area contributed by atoms with Gasteiger partial charge in [-0.2, -0.15) is 0 Å². The van der Waals surface area contributed by atoms with Gasteiger partial charge >= 0.3 is 5.97 Å². The lowest BCUT2D eigenvalue weighted by molar-refractivity contribution is 0.0702. The van der Waals surface area contributed by atoms with E-state index in [1.807, 2.05) is 0 Å². The second-order valence-electron chi connectivity index (χ2n) is 2.75. The highest BCUT2D eigenvalue weighted by atomic mass is 35.5. The lowest BCUT2D eigenvalue weighted by atomic mass is 10.4. The number of thiophene rings is 1. The number of hydrogen-bond acceptors (Lipinski definition) is 5. The average Bonchev–Trinajstić information content (AvgIpc) is 2.70. The maximum atomic E-state index is 10.6. The number of carboxylic acid groups (broad SMARTS) is 1.